The number of aryl methyl sites for hydroxylation is 1. The van der Waals surface area contributed by atoms with Crippen molar-refractivity contribution in [2.45, 2.75) is 38.6 Å². The lowest BCUT2D eigenvalue weighted by Gasteiger charge is -2.11. The Morgan fingerprint density at radius 2 is 1.76 bits per heavy atom. The van der Waals surface area contributed by atoms with Gasteiger partial charge in [-0.15, -0.1) is 0 Å². The van der Waals surface area contributed by atoms with Crippen LogP contribution in [0.3, 0.4) is 0 Å². The van der Waals surface area contributed by atoms with E-state index >= 15 is 0 Å². The van der Waals surface area contributed by atoms with Crippen LogP contribution in [0.5, 0.6) is 0 Å². The molecule has 0 radical (unpaired) electrons. The molecule has 94 valence electrons. The Labute approximate surface area is 104 Å². The summed E-state index contributed by atoms with van der Waals surface area (Å²) in [6.45, 7) is 7.63. The number of allylic oxidation sites excluding steroid dienone is 1. The highest BCUT2D eigenvalue weighted by Gasteiger charge is 2.15. The van der Waals surface area contributed by atoms with Gasteiger partial charge in [-0.2, -0.15) is 0 Å². The lowest BCUT2D eigenvalue weighted by atomic mass is 10.2. The fourth-order valence-corrected chi connectivity index (χ4v) is 2.75. The summed E-state index contributed by atoms with van der Waals surface area (Å²) in [6.07, 6.45) is 1.88. The molecule has 0 spiro atoms. The molecule has 1 atom stereocenters. The SMILES string of the molecule is CC(C)=CC(C)NS(=O)(=O)c1ccc(C)cc1. The van der Waals surface area contributed by atoms with E-state index in [9.17, 15) is 8.42 Å². The van der Waals surface area contributed by atoms with Crippen molar-refractivity contribution in [2.75, 3.05) is 0 Å². The van der Waals surface area contributed by atoms with E-state index in [0.29, 0.717) is 4.90 Å². The van der Waals surface area contributed by atoms with Gasteiger partial charge >= 0.3 is 0 Å². The summed E-state index contributed by atoms with van der Waals surface area (Å²) in [5.41, 5.74) is 2.13. The van der Waals surface area contributed by atoms with Crippen LogP contribution in [0.2, 0.25) is 0 Å². The first kappa shape index (κ1) is 13.9. The molecule has 0 aliphatic rings. The molecule has 0 amide bonds. The zero-order valence-corrected chi connectivity index (χ0v) is 11.5. The summed E-state index contributed by atoms with van der Waals surface area (Å²) in [4.78, 5) is 0.303. The molecule has 4 heteroatoms. The first-order chi connectivity index (χ1) is 7.81. The topological polar surface area (TPSA) is 46.2 Å². The second-order valence-corrected chi connectivity index (χ2v) is 6.18. The van der Waals surface area contributed by atoms with Gasteiger partial charge in [0.1, 0.15) is 0 Å². The van der Waals surface area contributed by atoms with E-state index in [0.717, 1.165) is 11.1 Å². The Bertz CT molecular complexity index is 497. The maximum Gasteiger partial charge on any atom is 0.241 e. The predicted octanol–water partition coefficient (Wildman–Crippen LogP) is 2.63. The Morgan fingerprint density at radius 1 is 1.24 bits per heavy atom. The van der Waals surface area contributed by atoms with Crippen LogP contribution in [0.15, 0.2) is 40.8 Å². The van der Waals surface area contributed by atoms with Crippen LogP contribution in [0.1, 0.15) is 26.3 Å². The maximum absolute atomic E-state index is 12.0. The summed E-state index contributed by atoms with van der Waals surface area (Å²) in [7, 11) is -3.42. The van der Waals surface area contributed by atoms with Crippen LogP contribution >= 0.6 is 0 Å². The smallest absolute Gasteiger partial charge is 0.207 e. The molecule has 1 rings (SSSR count). The molecule has 1 aromatic carbocycles. The van der Waals surface area contributed by atoms with Crippen LogP contribution in [-0.2, 0) is 10.0 Å². The molecule has 0 heterocycles. The van der Waals surface area contributed by atoms with Crippen molar-refractivity contribution >= 4 is 10.0 Å². The number of rotatable bonds is 4. The van der Waals surface area contributed by atoms with E-state index in [1.807, 2.05) is 33.8 Å². The van der Waals surface area contributed by atoms with Crippen molar-refractivity contribution < 1.29 is 8.42 Å². The van der Waals surface area contributed by atoms with Crippen molar-refractivity contribution in [2.24, 2.45) is 0 Å². The molecule has 0 fully saturated rings. The fraction of sp³-hybridized carbons (Fsp3) is 0.385. The quantitative estimate of drug-likeness (QED) is 0.838. The van der Waals surface area contributed by atoms with E-state index in [4.69, 9.17) is 0 Å². The summed E-state index contributed by atoms with van der Waals surface area (Å²) in [5.74, 6) is 0. The lowest BCUT2D eigenvalue weighted by Crippen LogP contribution is -2.31. The van der Waals surface area contributed by atoms with Gasteiger partial charge in [0, 0.05) is 6.04 Å². The third-order valence-electron chi connectivity index (χ3n) is 2.26. The minimum absolute atomic E-state index is 0.202. The second-order valence-electron chi connectivity index (χ2n) is 4.47. The highest BCUT2D eigenvalue weighted by atomic mass is 32.2. The first-order valence-corrected chi connectivity index (χ1v) is 7.03. The normalized spacial score (nSPS) is 13.2. The van der Waals surface area contributed by atoms with Crippen molar-refractivity contribution in [1.82, 2.24) is 4.72 Å². The van der Waals surface area contributed by atoms with Crippen molar-refractivity contribution in [1.29, 1.82) is 0 Å². The highest BCUT2D eigenvalue weighted by molar-refractivity contribution is 7.89. The van der Waals surface area contributed by atoms with E-state index in [2.05, 4.69) is 4.72 Å². The minimum Gasteiger partial charge on any atom is -0.207 e. The molecule has 17 heavy (non-hydrogen) atoms. The van der Waals surface area contributed by atoms with Crippen molar-refractivity contribution in [3.8, 4) is 0 Å². The molecule has 0 aliphatic carbocycles. The average Bonchev–Trinajstić information content (AvgIpc) is 2.15. The van der Waals surface area contributed by atoms with Crippen molar-refractivity contribution in [3.05, 3.63) is 41.5 Å². The van der Waals surface area contributed by atoms with Gasteiger partial charge in [-0.05, 0) is 39.8 Å². The Morgan fingerprint density at radius 3 is 2.24 bits per heavy atom. The van der Waals surface area contributed by atoms with Crippen LogP contribution in [0, 0.1) is 6.92 Å². The molecule has 0 saturated carbocycles. The van der Waals surface area contributed by atoms with Crippen molar-refractivity contribution in [3.63, 3.8) is 0 Å². The summed E-state index contributed by atoms with van der Waals surface area (Å²) in [5, 5.41) is 0. The molecule has 0 bridgehead atoms. The van der Waals surface area contributed by atoms with E-state index < -0.39 is 10.0 Å². The van der Waals surface area contributed by atoms with Gasteiger partial charge in [-0.25, -0.2) is 13.1 Å². The predicted molar refractivity (Wildman–Crippen MR) is 70.4 cm³/mol. The average molecular weight is 253 g/mol. The molecule has 1 aromatic rings. The monoisotopic (exact) mass is 253 g/mol. The minimum atomic E-state index is -3.42. The van der Waals surface area contributed by atoms with Crippen LogP contribution in [0.4, 0.5) is 0 Å². The maximum atomic E-state index is 12.0. The standard InChI is InChI=1S/C13H19NO2S/c1-10(2)9-12(4)14-17(15,16)13-7-5-11(3)6-8-13/h5-9,12,14H,1-4H3. The third kappa shape index (κ3) is 4.32. The Balaban J connectivity index is 2.89. The summed E-state index contributed by atoms with van der Waals surface area (Å²) < 4.78 is 26.6. The molecule has 1 unspecified atom stereocenters. The van der Waals surface area contributed by atoms with Crippen LogP contribution in [0.25, 0.3) is 0 Å². The molecule has 1 N–H and O–H groups in total. The molecule has 0 aromatic heterocycles. The van der Waals surface area contributed by atoms with E-state index in [1.165, 1.54) is 0 Å². The van der Waals surface area contributed by atoms with Gasteiger partial charge in [0.25, 0.3) is 0 Å². The van der Waals surface area contributed by atoms with Gasteiger partial charge in [0.15, 0.2) is 0 Å². The first-order valence-electron chi connectivity index (χ1n) is 5.55. The van der Waals surface area contributed by atoms with Gasteiger partial charge in [-0.3, -0.25) is 0 Å². The molecular weight excluding hydrogens is 234 g/mol. The van der Waals surface area contributed by atoms with Gasteiger partial charge in [-0.1, -0.05) is 29.3 Å². The molecule has 3 nitrogen and oxygen atoms in total. The van der Waals surface area contributed by atoms with E-state index in [-0.39, 0.29) is 6.04 Å². The summed E-state index contributed by atoms with van der Waals surface area (Å²) >= 11 is 0. The zero-order valence-electron chi connectivity index (χ0n) is 10.7. The van der Waals surface area contributed by atoms with Gasteiger partial charge < -0.3 is 0 Å². The highest BCUT2D eigenvalue weighted by Crippen LogP contribution is 2.10. The largest absolute Gasteiger partial charge is 0.241 e. The van der Waals surface area contributed by atoms with Gasteiger partial charge in [0.05, 0.1) is 4.90 Å². The lowest BCUT2D eigenvalue weighted by molar-refractivity contribution is 0.576. The molecule has 0 aliphatic heterocycles. The Kier molecular flexibility index (Phi) is 4.48. The third-order valence-corrected chi connectivity index (χ3v) is 3.83. The number of hydrogen-bond donors (Lipinski definition) is 1. The summed E-state index contributed by atoms with van der Waals surface area (Å²) in [6, 6.07) is 6.62. The molecule has 0 saturated heterocycles. The zero-order chi connectivity index (χ0) is 13.1. The van der Waals surface area contributed by atoms with E-state index in [1.54, 1.807) is 24.3 Å². The number of hydrogen-bond acceptors (Lipinski definition) is 2. The number of sulfonamides is 1. The number of nitrogens with one attached hydrogen (secondary N) is 1. The molecular formula is C13H19NO2S. The number of benzene rings is 1. The Hall–Kier alpha value is -1.13. The van der Waals surface area contributed by atoms with Crippen LogP contribution < -0.4 is 4.72 Å². The fourth-order valence-electron chi connectivity index (χ4n) is 1.56. The second kappa shape index (κ2) is 5.47. The van der Waals surface area contributed by atoms with Crippen LogP contribution in [-0.4, -0.2) is 14.5 Å². The van der Waals surface area contributed by atoms with Gasteiger partial charge in [0.2, 0.25) is 10.0 Å².